The fourth-order valence-electron chi connectivity index (χ4n) is 3.23. The van der Waals surface area contributed by atoms with Gasteiger partial charge in [0.2, 0.25) is 17.7 Å². The molecule has 9 N–H and O–H groups in total. The predicted molar refractivity (Wildman–Crippen MR) is 108 cm³/mol. The second-order valence-electron chi connectivity index (χ2n) is 7.12. The molecule has 1 saturated heterocycles. The van der Waals surface area contributed by atoms with Crippen molar-refractivity contribution in [3.05, 3.63) is 29.8 Å². The SMILES string of the molecule is NC(=O)[C@H](CCCN=C(N)N)NC(=O)[C@@H]1CC[C@H](Cc2ccc(O)cc2)C(=O)N1. The van der Waals surface area contributed by atoms with Gasteiger partial charge in [-0.15, -0.1) is 0 Å². The summed E-state index contributed by atoms with van der Waals surface area (Å²) in [5, 5.41) is 14.7. The zero-order valence-electron chi connectivity index (χ0n) is 16.1. The lowest BCUT2D eigenvalue weighted by molar-refractivity contribution is -0.135. The van der Waals surface area contributed by atoms with Gasteiger partial charge in [-0.25, -0.2) is 0 Å². The molecule has 10 nitrogen and oxygen atoms in total. The van der Waals surface area contributed by atoms with Gasteiger partial charge in [0.05, 0.1) is 0 Å². The Morgan fingerprint density at radius 3 is 2.48 bits per heavy atom. The molecule has 1 fully saturated rings. The molecule has 3 atom stereocenters. The van der Waals surface area contributed by atoms with Gasteiger partial charge in [-0.05, 0) is 49.8 Å². The number of piperidine rings is 1. The number of rotatable bonds is 9. The maximum atomic E-state index is 12.5. The Morgan fingerprint density at radius 1 is 1.21 bits per heavy atom. The number of aliphatic imine (C=N–C) groups is 1. The van der Waals surface area contributed by atoms with Crippen LogP contribution in [0.1, 0.15) is 31.2 Å². The Kier molecular flexibility index (Phi) is 7.81. The first-order chi connectivity index (χ1) is 13.8. The summed E-state index contributed by atoms with van der Waals surface area (Å²) < 4.78 is 0. The number of nitrogens with one attached hydrogen (secondary N) is 2. The summed E-state index contributed by atoms with van der Waals surface area (Å²) in [6, 6.07) is 5.11. The summed E-state index contributed by atoms with van der Waals surface area (Å²) in [5.41, 5.74) is 16.8. The van der Waals surface area contributed by atoms with Crippen molar-refractivity contribution in [2.75, 3.05) is 6.54 Å². The van der Waals surface area contributed by atoms with Gasteiger partial charge in [0.1, 0.15) is 17.8 Å². The third-order valence-corrected chi connectivity index (χ3v) is 4.83. The molecule has 158 valence electrons. The molecule has 1 aromatic carbocycles. The number of aromatic hydroxyl groups is 1. The van der Waals surface area contributed by atoms with Crippen LogP contribution in [0.4, 0.5) is 0 Å². The number of phenolic OH excluding ortho intramolecular Hbond substituents is 1. The Bertz CT molecular complexity index is 760. The number of amides is 3. The average molecular weight is 404 g/mol. The normalized spacial score (nSPS) is 19.7. The number of guanidine groups is 1. The van der Waals surface area contributed by atoms with Gasteiger partial charge in [-0.1, -0.05) is 12.1 Å². The molecule has 0 unspecified atom stereocenters. The second kappa shape index (κ2) is 10.3. The van der Waals surface area contributed by atoms with E-state index in [1.807, 2.05) is 0 Å². The lowest BCUT2D eigenvalue weighted by Crippen LogP contribution is -2.56. The van der Waals surface area contributed by atoms with Crippen LogP contribution < -0.4 is 27.8 Å². The average Bonchev–Trinajstić information content (AvgIpc) is 2.67. The van der Waals surface area contributed by atoms with Gasteiger partial charge in [0, 0.05) is 12.5 Å². The summed E-state index contributed by atoms with van der Waals surface area (Å²) in [6.45, 7) is 0.321. The van der Waals surface area contributed by atoms with Crippen molar-refractivity contribution in [1.82, 2.24) is 10.6 Å². The Hall–Kier alpha value is -3.30. The van der Waals surface area contributed by atoms with E-state index in [1.165, 1.54) is 0 Å². The van der Waals surface area contributed by atoms with Crippen molar-refractivity contribution in [2.45, 2.75) is 44.2 Å². The molecule has 0 radical (unpaired) electrons. The molecule has 29 heavy (non-hydrogen) atoms. The van der Waals surface area contributed by atoms with Crippen molar-refractivity contribution in [1.29, 1.82) is 0 Å². The third kappa shape index (κ3) is 6.98. The highest BCUT2D eigenvalue weighted by molar-refractivity contribution is 5.92. The van der Waals surface area contributed by atoms with Crippen LogP contribution in [0.5, 0.6) is 5.75 Å². The molecule has 1 aliphatic heterocycles. The molecule has 1 aromatic rings. The van der Waals surface area contributed by atoms with Crippen LogP contribution >= 0.6 is 0 Å². The van der Waals surface area contributed by atoms with E-state index >= 15 is 0 Å². The quantitative estimate of drug-likeness (QED) is 0.171. The minimum atomic E-state index is -0.858. The second-order valence-corrected chi connectivity index (χ2v) is 7.12. The van der Waals surface area contributed by atoms with Crippen LogP contribution in [0.2, 0.25) is 0 Å². The van der Waals surface area contributed by atoms with Gasteiger partial charge < -0.3 is 32.9 Å². The third-order valence-electron chi connectivity index (χ3n) is 4.83. The molecule has 0 saturated carbocycles. The van der Waals surface area contributed by atoms with Gasteiger partial charge in [0.25, 0.3) is 0 Å². The molecule has 0 spiro atoms. The van der Waals surface area contributed by atoms with Crippen LogP contribution in [0.15, 0.2) is 29.3 Å². The van der Waals surface area contributed by atoms with Crippen LogP contribution in [0.3, 0.4) is 0 Å². The predicted octanol–water partition coefficient (Wildman–Crippen LogP) is -1.15. The molecular formula is C19H28N6O4. The minimum Gasteiger partial charge on any atom is -0.508 e. The molecule has 10 heteroatoms. The van der Waals surface area contributed by atoms with Crippen molar-refractivity contribution in [2.24, 2.45) is 28.1 Å². The molecule has 1 aliphatic rings. The van der Waals surface area contributed by atoms with Gasteiger partial charge in [-0.2, -0.15) is 0 Å². The van der Waals surface area contributed by atoms with E-state index in [0.717, 1.165) is 5.56 Å². The van der Waals surface area contributed by atoms with Crippen molar-refractivity contribution < 1.29 is 19.5 Å². The molecule has 3 amide bonds. The fraction of sp³-hybridized carbons (Fsp3) is 0.474. The maximum absolute atomic E-state index is 12.5. The Balaban J connectivity index is 1.85. The van der Waals surface area contributed by atoms with Gasteiger partial charge >= 0.3 is 0 Å². The number of nitrogens with zero attached hydrogens (tertiary/aromatic N) is 1. The summed E-state index contributed by atoms with van der Waals surface area (Å²) in [7, 11) is 0. The first-order valence-corrected chi connectivity index (χ1v) is 9.49. The van der Waals surface area contributed by atoms with Gasteiger partial charge in [-0.3, -0.25) is 19.4 Å². The number of primary amides is 1. The molecule has 0 aromatic heterocycles. The smallest absolute Gasteiger partial charge is 0.243 e. The van der Waals surface area contributed by atoms with E-state index in [1.54, 1.807) is 24.3 Å². The van der Waals surface area contributed by atoms with E-state index in [9.17, 15) is 19.5 Å². The highest BCUT2D eigenvalue weighted by atomic mass is 16.3. The number of benzene rings is 1. The van der Waals surface area contributed by atoms with E-state index in [2.05, 4.69) is 15.6 Å². The number of hydrogen-bond acceptors (Lipinski definition) is 5. The fourth-order valence-corrected chi connectivity index (χ4v) is 3.23. The monoisotopic (exact) mass is 404 g/mol. The summed E-state index contributed by atoms with van der Waals surface area (Å²) >= 11 is 0. The molecular weight excluding hydrogens is 376 g/mol. The minimum absolute atomic E-state index is 0.0450. The first kappa shape index (κ1) is 22.0. The Morgan fingerprint density at radius 2 is 1.90 bits per heavy atom. The highest BCUT2D eigenvalue weighted by Crippen LogP contribution is 2.21. The largest absolute Gasteiger partial charge is 0.508 e. The first-order valence-electron chi connectivity index (χ1n) is 9.49. The number of carbonyl (C=O) groups is 3. The van der Waals surface area contributed by atoms with Gasteiger partial charge in [0.15, 0.2) is 5.96 Å². The van der Waals surface area contributed by atoms with Crippen LogP contribution in [0, 0.1) is 5.92 Å². The number of nitrogens with two attached hydrogens (primary N) is 3. The molecule has 2 rings (SSSR count). The van der Waals surface area contributed by atoms with Crippen molar-refractivity contribution >= 4 is 23.7 Å². The van der Waals surface area contributed by atoms with Crippen LogP contribution in [-0.2, 0) is 20.8 Å². The number of phenols is 1. The highest BCUT2D eigenvalue weighted by Gasteiger charge is 2.33. The maximum Gasteiger partial charge on any atom is 0.243 e. The van der Waals surface area contributed by atoms with Crippen LogP contribution in [-0.4, -0.2) is 47.4 Å². The van der Waals surface area contributed by atoms with Crippen molar-refractivity contribution in [3.63, 3.8) is 0 Å². The summed E-state index contributed by atoms with van der Waals surface area (Å²) in [6.07, 6.45) is 2.28. The van der Waals surface area contributed by atoms with E-state index in [-0.39, 0.29) is 23.5 Å². The topological polar surface area (TPSA) is 186 Å². The summed E-state index contributed by atoms with van der Waals surface area (Å²) in [4.78, 5) is 40.3. The zero-order chi connectivity index (χ0) is 21.4. The van der Waals surface area contributed by atoms with E-state index in [4.69, 9.17) is 17.2 Å². The number of hydrogen-bond donors (Lipinski definition) is 6. The molecule has 1 heterocycles. The Labute approximate surface area is 168 Å². The molecule has 0 bridgehead atoms. The lowest BCUT2D eigenvalue weighted by atomic mass is 9.88. The summed E-state index contributed by atoms with van der Waals surface area (Å²) in [5.74, 6) is -1.44. The van der Waals surface area contributed by atoms with E-state index < -0.39 is 23.9 Å². The zero-order valence-corrected chi connectivity index (χ0v) is 16.1. The number of carbonyl (C=O) groups excluding carboxylic acids is 3. The lowest BCUT2D eigenvalue weighted by Gasteiger charge is -2.29. The standard InChI is InChI=1S/C19H28N6O4/c20-16(27)14(2-1-9-23-19(21)22)24-18(29)15-8-5-12(17(28)25-15)10-11-3-6-13(26)7-4-11/h3-4,6-7,12,14-15,26H,1-2,5,8-10H2,(H2,20,27)(H,24,29)(H,25,28)(H4,21,22,23)/t12-,14+,15+/m1/s1. The van der Waals surface area contributed by atoms with Crippen molar-refractivity contribution in [3.8, 4) is 5.75 Å². The van der Waals surface area contributed by atoms with E-state index in [0.29, 0.717) is 38.6 Å². The molecule has 0 aliphatic carbocycles. The van der Waals surface area contributed by atoms with Crippen LogP contribution in [0.25, 0.3) is 0 Å².